The second-order valence-electron chi connectivity index (χ2n) is 2.46. The first-order chi connectivity index (χ1) is 4.74. The summed E-state index contributed by atoms with van der Waals surface area (Å²) in [7, 11) is 0. The second kappa shape index (κ2) is 3.30. The van der Waals surface area contributed by atoms with E-state index in [-0.39, 0.29) is 12.7 Å². The van der Waals surface area contributed by atoms with Crippen molar-refractivity contribution in [3.8, 4) is 0 Å². The quantitative estimate of drug-likeness (QED) is 0.462. The van der Waals surface area contributed by atoms with Crippen molar-refractivity contribution in [3.63, 3.8) is 0 Å². The van der Waals surface area contributed by atoms with E-state index in [0.717, 1.165) is 0 Å². The molecule has 1 fully saturated rings. The van der Waals surface area contributed by atoms with Crippen molar-refractivity contribution in [2.24, 2.45) is 0 Å². The molecular weight excluding hydrogens is 136 g/mol. The van der Waals surface area contributed by atoms with E-state index >= 15 is 0 Å². The third kappa shape index (κ3) is 1.67. The molecule has 60 valence electrons. The molecule has 1 aliphatic heterocycles. The van der Waals surface area contributed by atoms with Crippen molar-refractivity contribution >= 4 is 0 Å². The van der Waals surface area contributed by atoms with Crippen LogP contribution in [0.1, 0.15) is 12.8 Å². The Kier molecular flexibility index (Phi) is 2.62. The Morgan fingerprint density at radius 1 is 1.50 bits per heavy atom. The summed E-state index contributed by atoms with van der Waals surface area (Å²) in [5.74, 6) is 0. The topological polar surface area (TPSA) is 69.9 Å². The van der Waals surface area contributed by atoms with Gasteiger partial charge in [0.25, 0.3) is 0 Å². The average molecular weight is 148 g/mol. The van der Waals surface area contributed by atoms with Crippen molar-refractivity contribution in [2.75, 3.05) is 6.61 Å². The van der Waals surface area contributed by atoms with Crippen LogP contribution in [0.25, 0.3) is 0 Å². The average Bonchev–Trinajstić information content (AvgIpc) is 2.34. The maximum absolute atomic E-state index is 8.99. The molecule has 0 bridgehead atoms. The SMILES string of the molecule is OCC(O)C1CCC(O)O1. The highest BCUT2D eigenvalue weighted by Gasteiger charge is 2.28. The van der Waals surface area contributed by atoms with Crippen LogP contribution >= 0.6 is 0 Å². The summed E-state index contributed by atoms with van der Waals surface area (Å²) in [6, 6.07) is 0. The van der Waals surface area contributed by atoms with Crippen LogP contribution in [0.5, 0.6) is 0 Å². The molecule has 0 saturated carbocycles. The van der Waals surface area contributed by atoms with Gasteiger partial charge < -0.3 is 20.1 Å². The normalized spacial score (nSPS) is 36.3. The standard InChI is InChI=1S/C6H12O4/c7-3-4(8)5-1-2-6(9)10-5/h4-9H,1-3H2. The molecule has 0 aromatic rings. The van der Waals surface area contributed by atoms with Gasteiger partial charge in [-0.05, 0) is 6.42 Å². The fourth-order valence-electron chi connectivity index (χ4n) is 1.05. The molecule has 0 aromatic heterocycles. The van der Waals surface area contributed by atoms with Crippen molar-refractivity contribution in [1.82, 2.24) is 0 Å². The molecule has 1 saturated heterocycles. The monoisotopic (exact) mass is 148 g/mol. The van der Waals surface area contributed by atoms with Crippen molar-refractivity contribution in [3.05, 3.63) is 0 Å². The van der Waals surface area contributed by atoms with Gasteiger partial charge in [0.2, 0.25) is 0 Å². The number of hydrogen-bond donors (Lipinski definition) is 3. The molecule has 0 radical (unpaired) electrons. The van der Waals surface area contributed by atoms with E-state index in [0.29, 0.717) is 12.8 Å². The number of rotatable bonds is 2. The maximum Gasteiger partial charge on any atom is 0.155 e. The van der Waals surface area contributed by atoms with E-state index in [1.807, 2.05) is 0 Å². The van der Waals surface area contributed by atoms with Gasteiger partial charge in [0.1, 0.15) is 6.10 Å². The zero-order chi connectivity index (χ0) is 7.56. The summed E-state index contributed by atoms with van der Waals surface area (Å²) in [4.78, 5) is 0. The fraction of sp³-hybridized carbons (Fsp3) is 1.00. The molecule has 0 amide bonds. The Balaban J connectivity index is 2.29. The molecule has 3 unspecified atom stereocenters. The minimum atomic E-state index is -0.850. The van der Waals surface area contributed by atoms with Gasteiger partial charge in [-0.3, -0.25) is 0 Å². The summed E-state index contributed by atoms with van der Waals surface area (Å²) in [5, 5.41) is 26.3. The molecule has 1 rings (SSSR count). The van der Waals surface area contributed by atoms with E-state index in [9.17, 15) is 0 Å². The molecule has 10 heavy (non-hydrogen) atoms. The Hall–Kier alpha value is -0.160. The molecule has 4 heteroatoms. The number of aliphatic hydroxyl groups excluding tert-OH is 3. The summed E-state index contributed by atoms with van der Waals surface area (Å²) in [6.45, 7) is -0.308. The van der Waals surface area contributed by atoms with Gasteiger partial charge in [-0.2, -0.15) is 0 Å². The maximum atomic E-state index is 8.99. The molecule has 0 spiro atoms. The van der Waals surface area contributed by atoms with E-state index in [1.165, 1.54) is 0 Å². The van der Waals surface area contributed by atoms with E-state index < -0.39 is 12.4 Å². The lowest BCUT2D eigenvalue weighted by Crippen LogP contribution is -2.29. The highest BCUT2D eigenvalue weighted by molar-refractivity contribution is 4.74. The lowest BCUT2D eigenvalue weighted by atomic mass is 10.1. The van der Waals surface area contributed by atoms with Crippen LogP contribution in [0, 0.1) is 0 Å². The zero-order valence-corrected chi connectivity index (χ0v) is 5.60. The van der Waals surface area contributed by atoms with E-state index in [4.69, 9.17) is 20.1 Å². The highest BCUT2D eigenvalue weighted by Crippen LogP contribution is 2.19. The van der Waals surface area contributed by atoms with Crippen LogP contribution in [0.15, 0.2) is 0 Å². The Labute approximate surface area is 59.1 Å². The molecule has 4 nitrogen and oxygen atoms in total. The molecule has 0 aromatic carbocycles. The third-order valence-electron chi connectivity index (χ3n) is 1.65. The molecule has 0 aliphatic carbocycles. The molecular formula is C6H12O4. The Bertz CT molecular complexity index is 106. The molecule has 3 atom stereocenters. The fourth-order valence-corrected chi connectivity index (χ4v) is 1.05. The third-order valence-corrected chi connectivity index (χ3v) is 1.65. The molecule has 3 N–H and O–H groups in total. The highest BCUT2D eigenvalue weighted by atomic mass is 16.6. The van der Waals surface area contributed by atoms with Crippen molar-refractivity contribution in [2.45, 2.75) is 31.3 Å². The number of ether oxygens (including phenoxy) is 1. The molecule has 1 heterocycles. The van der Waals surface area contributed by atoms with Crippen LogP contribution in [-0.4, -0.2) is 40.4 Å². The summed E-state index contributed by atoms with van der Waals surface area (Å²) in [5.41, 5.74) is 0. The Morgan fingerprint density at radius 3 is 2.60 bits per heavy atom. The lowest BCUT2D eigenvalue weighted by Gasteiger charge is -2.14. The van der Waals surface area contributed by atoms with Crippen LogP contribution in [-0.2, 0) is 4.74 Å². The first-order valence-electron chi connectivity index (χ1n) is 3.36. The Morgan fingerprint density at radius 2 is 2.20 bits per heavy atom. The molecule has 1 aliphatic rings. The van der Waals surface area contributed by atoms with Gasteiger partial charge >= 0.3 is 0 Å². The van der Waals surface area contributed by atoms with Gasteiger partial charge in [-0.25, -0.2) is 0 Å². The minimum absolute atomic E-state index is 0.308. The van der Waals surface area contributed by atoms with E-state index in [1.54, 1.807) is 0 Å². The van der Waals surface area contributed by atoms with Gasteiger partial charge in [-0.15, -0.1) is 0 Å². The van der Waals surface area contributed by atoms with Gasteiger partial charge in [0.15, 0.2) is 6.29 Å². The van der Waals surface area contributed by atoms with Crippen LogP contribution in [0.4, 0.5) is 0 Å². The van der Waals surface area contributed by atoms with Crippen LogP contribution in [0.2, 0.25) is 0 Å². The van der Waals surface area contributed by atoms with Crippen molar-refractivity contribution in [1.29, 1.82) is 0 Å². The predicted octanol–water partition coefficient (Wildman–Crippen LogP) is -1.16. The first-order valence-corrected chi connectivity index (χ1v) is 3.36. The summed E-state index contributed by atoms with van der Waals surface area (Å²) in [6.07, 6.45) is -0.840. The van der Waals surface area contributed by atoms with Crippen LogP contribution in [0.3, 0.4) is 0 Å². The zero-order valence-electron chi connectivity index (χ0n) is 5.60. The van der Waals surface area contributed by atoms with Gasteiger partial charge in [0, 0.05) is 6.42 Å². The second-order valence-corrected chi connectivity index (χ2v) is 2.46. The number of hydrogen-bond acceptors (Lipinski definition) is 4. The van der Waals surface area contributed by atoms with Crippen LogP contribution < -0.4 is 0 Å². The lowest BCUT2D eigenvalue weighted by molar-refractivity contribution is -0.127. The smallest absolute Gasteiger partial charge is 0.155 e. The predicted molar refractivity (Wildman–Crippen MR) is 33.2 cm³/mol. The minimum Gasteiger partial charge on any atom is -0.394 e. The number of aliphatic hydroxyl groups is 3. The summed E-state index contributed by atoms with van der Waals surface area (Å²) >= 11 is 0. The van der Waals surface area contributed by atoms with Gasteiger partial charge in [-0.1, -0.05) is 0 Å². The largest absolute Gasteiger partial charge is 0.394 e. The summed E-state index contributed by atoms with van der Waals surface area (Å²) < 4.78 is 4.86. The van der Waals surface area contributed by atoms with Crippen molar-refractivity contribution < 1.29 is 20.1 Å². The van der Waals surface area contributed by atoms with E-state index in [2.05, 4.69) is 0 Å². The first kappa shape index (κ1) is 7.94. The van der Waals surface area contributed by atoms with Gasteiger partial charge in [0.05, 0.1) is 12.7 Å².